The third-order valence-electron chi connectivity index (χ3n) is 2.34. The number of para-hydroxylation sites is 1. The fourth-order valence-corrected chi connectivity index (χ4v) is 1.66. The Hall–Kier alpha value is -1.31. The second kappa shape index (κ2) is 4.80. The van der Waals surface area contributed by atoms with E-state index in [1.54, 1.807) is 0 Å². The molecule has 0 aliphatic heterocycles. The van der Waals surface area contributed by atoms with Gasteiger partial charge in [0.15, 0.2) is 6.29 Å². The highest BCUT2D eigenvalue weighted by molar-refractivity contribution is 5.84. The average molecular weight is 191 g/mol. The second-order valence-electron chi connectivity index (χ2n) is 3.56. The van der Waals surface area contributed by atoms with Gasteiger partial charge in [-0.3, -0.25) is 4.79 Å². The van der Waals surface area contributed by atoms with Crippen LogP contribution in [0.2, 0.25) is 0 Å². The molecule has 0 saturated carbocycles. The van der Waals surface area contributed by atoms with Gasteiger partial charge < -0.3 is 4.90 Å². The number of benzene rings is 1. The Morgan fingerprint density at radius 1 is 1.36 bits per heavy atom. The molecule has 0 radical (unpaired) electrons. The smallest absolute Gasteiger partial charge is 0.152 e. The molecule has 76 valence electrons. The van der Waals surface area contributed by atoms with Crippen molar-refractivity contribution in [1.82, 2.24) is 0 Å². The van der Waals surface area contributed by atoms with Crippen molar-refractivity contribution in [3.63, 3.8) is 0 Å². The number of anilines is 1. The van der Waals surface area contributed by atoms with Gasteiger partial charge in [-0.2, -0.15) is 0 Å². The third-order valence-corrected chi connectivity index (χ3v) is 2.34. The summed E-state index contributed by atoms with van der Waals surface area (Å²) in [7, 11) is 0. The molecule has 1 rings (SSSR count). The standard InChI is InChI=1S/C12H17NO/c1-4-13(10(2)3)12-8-6-5-7-11(12)9-14/h5-10H,4H2,1-3H3. The highest BCUT2D eigenvalue weighted by Crippen LogP contribution is 2.20. The zero-order valence-corrected chi connectivity index (χ0v) is 9.03. The van der Waals surface area contributed by atoms with Crippen molar-refractivity contribution in [3.05, 3.63) is 29.8 Å². The zero-order valence-electron chi connectivity index (χ0n) is 9.03. The van der Waals surface area contributed by atoms with E-state index in [0.717, 1.165) is 24.1 Å². The zero-order chi connectivity index (χ0) is 10.6. The first-order chi connectivity index (χ1) is 6.70. The fraction of sp³-hybridized carbons (Fsp3) is 0.417. The number of hydrogen-bond donors (Lipinski definition) is 0. The van der Waals surface area contributed by atoms with E-state index in [-0.39, 0.29) is 0 Å². The van der Waals surface area contributed by atoms with Gasteiger partial charge in [-0.25, -0.2) is 0 Å². The molecule has 0 N–H and O–H groups in total. The monoisotopic (exact) mass is 191 g/mol. The van der Waals surface area contributed by atoms with Crippen LogP contribution in [0.4, 0.5) is 5.69 Å². The molecule has 0 bridgehead atoms. The number of aldehydes is 1. The largest absolute Gasteiger partial charge is 0.369 e. The van der Waals surface area contributed by atoms with Crippen LogP contribution in [0.3, 0.4) is 0 Å². The van der Waals surface area contributed by atoms with Gasteiger partial charge in [0.25, 0.3) is 0 Å². The first-order valence-corrected chi connectivity index (χ1v) is 5.01. The van der Waals surface area contributed by atoms with Gasteiger partial charge in [-0.05, 0) is 32.9 Å². The van der Waals surface area contributed by atoms with Crippen LogP contribution >= 0.6 is 0 Å². The number of nitrogens with zero attached hydrogens (tertiary/aromatic N) is 1. The maximum Gasteiger partial charge on any atom is 0.152 e. The summed E-state index contributed by atoms with van der Waals surface area (Å²) in [6.45, 7) is 7.28. The molecular weight excluding hydrogens is 174 g/mol. The van der Waals surface area contributed by atoms with Crippen molar-refractivity contribution in [3.8, 4) is 0 Å². The van der Waals surface area contributed by atoms with Crippen molar-refractivity contribution in [2.75, 3.05) is 11.4 Å². The van der Waals surface area contributed by atoms with Gasteiger partial charge in [-0.1, -0.05) is 12.1 Å². The summed E-state index contributed by atoms with van der Waals surface area (Å²) in [6, 6.07) is 8.12. The van der Waals surface area contributed by atoms with E-state index in [9.17, 15) is 4.79 Å². The van der Waals surface area contributed by atoms with Gasteiger partial charge in [0.05, 0.1) is 0 Å². The van der Waals surface area contributed by atoms with E-state index in [4.69, 9.17) is 0 Å². The highest BCUT2D eigenvalue weighted by atomic mass is 16.1. The molecule has 1 aromatic rings. The Morgan fingerprint density at radius 3 is 2.50 bits per heavy atom. The van der Waals surface area contributed by atoms with Gasteiger partial charge in [0, 0.05) is 23.8 Å². The van der Waals surface area contributed by atoms with E-state index in [1.165, 1.54) is 0 Å². The van der Waals surface area contributed by atoms with Crippen molar-refractivity contribution in [1.29, 1.82) is 0 Å². The Morgan fingerprint density at radius 2 is 2.00 bits per heavy atom. The molecule has 1 aromatic carbocycles. The Kier molecular flexibility index (Phi) is 3.69. The van der Waals surface area contributed by atoms with Gasteiger partial charge >= 0.3 is 0 Å². The van der Waals surface area contributed by atoms with Crippen LogP contribution in [0.25, 0.3) is 0 Å². The van der Waals surface area contributed by atoms with Gasteiger partial charge in [0.1, 0.15) is 0 Å². The Bertz CT molecular complexity index is 307. The molecule has 0 saturated heterocycles. The number of rotatable bonds is 4. The molecule has 0 amide bonds. The molecule has 0 aliphatic rings. The predicted octanol–water partition coefficient (Wildman–Crippen LogP) is 2.73. The van der Waals surface area contributed by atoms with Crippen LogP contribution in [0.5, 0.6) is 0 Å². The minimum Gasteiger partial charge on any atom is -0.369 e. The number of carbonyl (C=O) groups excluding carboxylic acids is 1. The minimum atomic E-state index is 0.418. The van der Waals surface area contributed by atoms with Gasteiger partial charge in [0.2, 0.25) is 0 Å². The quantitative estimate of drug-likeness (QED) is 0.682. The maximum atomic E-state index is 10.8. The first kappa shape index (κ1) is 10.8. The molecule has 0 aromatic heterocycles. The predicted molar refractivity (Wildman–Crippen MR) is 60.0 cm³/mol. The molecule has 14 heavy (non-hydrogen) atoms. The molecule has 0 spiro atoms. The topological polar surface area (TPSA) is 20.3 Å². The van der Waals surface area contributed by atoms with E-state index in [0.29, 0.717) is 6.04 Å². The summed E-state index contributed by atoms with van der Waals surface area (Å²) in [5.41, 5.74) is 1.79. The van der Waals surface area contributed by atoms with Crippen molar-refractivity contribution < 1.29 is 4.79 Å². The van der Waals surface area contributed by atoms with Crippen molar-refractivity contribution in [2.45, 2.75) is 26.8 Å². The van der Waals surface area contributed by atoms with E-state index >= 15 is 0 Å². The summed E-state index contributed by atoms with van der Waals surface area (Å²) >= 11 is 0. The first-order valence-electron chi connectivity index (χ1n) is 5.01. The summed E-state index contributed by atoms with van der Waals surface area (Å²) in [5, 5.41) is 0. The fourth-order valence-electron chi connectivity index (χ4n) is 1.66. The molecule has 0 fully saturated rings. The summed E-state index contributed by atoms with van der Waals surface area (Å²) in [6.07, 6.45) is 0.917. The molecule has 0 unspecified atom stereocenters. The average Bonchev–Trinajstić information content (AvgIpc) is 2.19. The lowest BCUT2D eigenvalue weighted by Crippen LogP contribution is -2.31. The Labute approximate surface area is 85.5 Å². The van der Waals surface area contributed by atoms with Crippen molar-refractivity contribution in [2.24, 2.45) is 0 Å². The van der Waals surface area contributed by atoms with Crippen LogP contribution in [-0.2, 0) is 0 Å². The number of carbonyl (C=O) groups is 1. The molecule has 0 heterocycles. The van der Waals surface area contributed by atoms with Crippen LogP contribution < -0.4 is 4.90 Å². The molecule has 2 heteroatoms. The third kappa shape index (κ3) is 2.13. The van der Waals surface area contributed by atoms with E-state index < -0.39 is 0 Å². The Balaban J connectivity index is 3.08. The lowest BCUT2D eigenvalue weighted by Gasteiger charge is -2.28. The molecular formula is C12H17NO. The van der Waals surface area contributed by atoms with E-state index in [2.05, 4.69) is 25.7 Å². The molecule has 0 atom stereocenters. The van der Waals surface area contributed by atoms with E-state index in [1.807, 2.05) is 24.3 Å². The van der Waals surface area contributed by atoms with Crippen LogP contribution in [-0.4, -0.2) is 18.9 Å². The lowest BCUT2D eigenvalue weighted by atomic mass is 10.1. The van der Waals surface area contributed by atoms with Crippen molar-refractivity contribution >= 4 is 12.0 Å². The van der Waals surface area contributed by atoms with Crippen LogP contribution in [0, 0.1) is 0 Å². The molecule has 0 aliphatic carbocycles. The van der Waals surface area contributed by atoms with Crippen LogP contribution in [0.15, 0.2) is 24.3 Å². The van der Waals surface area contributed by atoms with Gasteiger partial charge in [-0.15, -0.1) is 0 Å². The summed E-state index contributed by atoms with van der Waals surface area (Å²) in [5.74, 6) is 0. The lowest BCUT2D eigenvalue weighted by molar-refractivity contribution is 0.112. The maximum absolute atomic E-state index is 10.8. The minimum absolute atomic E-state index is 0.418. The normalized spacial score (nSPS) is 10.3. The summed E-state index contributed by atoms with van der Waals surface area (Å²) in [4.78, 5) is 13.1. The second-order valence-corrected chi connectivity index (χ2v) is 3.56. The SMILES string of the molecule is CCN(c1ccccc1C=O)C(C)C. The van der Waals surface area contributed by atoms with Crippen LogP contribution in [0.1, 0.15) is 31.1 Å². The summed E-state index contributed by atoms with van der Waals surface area (Å²) < 4.78 is 0. The molecule has 2 nitrogen and oxygen atoms in total. The highest BCUT2D eigenvalue weighted by Gasteiger charge is 2.11. The number of hydrogen-bond acceptors (Lipinski definition) is 2.